The van der Waals surface area contributed by atoms with Crippen LogP contribution in [0.2, 0.25) is 0 Å². The fraction of sp³-hybridized carbons (Fsp3) is 0.950. The molecule has 0 radical (unpaired) electrons. The number of carbonyl (C=O) groups is 1. The van der Waals surface area contributed by atoms with E-state index in [0.29, 0.717) is 34.4 Å². The SMILES string of the molecule is CC1(C)CCC[C@]2(C)[C@H]3CC(=O)[C@]4(C)[C@H]([C@@H]3CC[C@@H]12)[C@H]4CO. The smallest absolute Gasteiger partial charge is 0.139 e. The van der Waals surface area contributed by atoms with Crippen LogP contribution in [0, 0.1) is 45.8 Å². The van der Waals surface area contributed by atoms with E-state index in [9.17, 15) is 9.90 Å². The average molecular weight is 304 g/mol. The van der Waals surface area contributed by atoms with Gasteiger partial charge in [0, 0.05) is 18.4 Å². The first-order valence-electron chi connectivity index (χ1n) is 9.41. The van der Waals surface area contributed by atoms with E-state index in [-0.39, 0.29) is 17.9 Å². The standard InChI is InChI=1S/C20H32O2/c1-18(2)8-5-9-19(3)13-10-16(22)20(4)14(11-21)17(20)12(13)6-7-15(18)19/h12-15,17,21H,5-11H2,1-4H3/t12-,13+,14-,15+,17-,19-,20-/m1/s1. The van der Waals surface area contributed by atoms with Crippen LogP contribution in [0.1, 0.15) is 66.2 Å². The van der Waals surface area contributed by atoms with Crippen LogP contribution < -0.4 is 0 Å². The molecule has 4 aliphatic rings. The zero-order chi connectivity index (χ0) is 15.9. The Bertz CT molecular complexity index is 510. The van der Waals surface area contributed by atoms with Gasteiger partial charge in [0.25, 0.3) is 0 Å². The van der Waals surface area contributed by atoms with Crippen LogP contribution in [0.5, 0.6) is 0 Å². The summed E-state index contributed by atoms with van der Waals surface area (Å²) in [6, 6.07) is 0. The quantitative estimate of drug-likeness (QED) is 0.793. The first-order chi connectivity index (χ1) is 10.3. The van der Waals surface area contributed by atoms with Gasteiger partial charge < -0.3 is 5.11 Å². The molecule has 0 aromatic carbocycles. The summed E-state index contributed by atoms with van der Waals surface area (Å²) in [5, 5.41) is 9.74. The van der Waals surface area contributed by atoms with Crippen molar-refractivity contribution in [2.45, 2.75) is 66.2 Å². The highest BCUT2D eigenvalue weighted by Crippen LogP contribution is 2.74. The Morgan fingerprint density at radius 1 is 1.14 bits per heavy atom. The van der Waals surface area contributed by atoms with Crippen molar-refractivity contribution < 1.29 is 9.90 Å². The van der Waals surface area contributed by atoms with Gasteiger partial charge in [-0.15, -0.1) is 0 Å². The summed E-state index contributed by atoms with van der Waals surface area (Å²) < 4.78 is 0. The van der Waals surface area contributed by atoms with Crippen molar-refractivity contribution >= 4 is 5.78 Å². The van der Waals surface area contributed by atoms with Crippen molar-refractivity contribution in [3.63, 3.8) is 0 Å². The van der Waals surface area contributed by atoms with Gasteiger partial charge in [-0.25, -0.2) is 0 Å². The molecule has 0 unspecified atom stereocenters. The molecule has 0 spiro atoms. The second-order valence-corrected chi connectivity index (χ2v) is 9.97. The number of fused-ring (bicyclic) bond motifs is 5. The van der Waals surface area contributed by atoms with Gasteiger partial charge in [0.2, 0.25) is 0 Å². The largest absolute Gasteiger partial charge is 0.396 e. The number of hydrogen-bond acceptors (Lipinski definition) is 2. The van der Waals surface area contributed by atoms with Gasteiger partial charge in [0.1, 0.15) is 5.78 Å². The maximum Gasteiger partial charge on any atom is 0.139 e. The van der Waals surface area contributed by atoms with Gasteiger partial charge in [0.05, 0.1) is 0 Å². The second-order valence-electron chi connectivity index (χ2n) is 9.97. The number of carbonyl (C=O) groups excluding carboxylic acids is 1. The average Bonchev–Trinajstić information content (AvgIpc) is 3.06. The van der Waals surface area contributed by atoms with Crippen molar-refractivity contribution in [2.75, 3.05) is 6.61 Å². The van der Waals surface area contributed by atoms with Gasteiger partial charge >= 0.3 is 0 Å². The Balaban J connectivity index is 1.70. The predicted molar refractivity (Wildman–Crippen MR) is 87.2 cm³/mol. The zero-order valence-electron chi connectivity index (χ0n) is 14.7. The molecule has 7 atom stereocenters. The lowest BCUT2D eigenvalue weighted by molar-refractivity contribution is -0.145. The molecule has 4 aliphatic carbocycles. The van der Waals surface area contributed by atoms with Crippen LogP contribution in [-0.2, 0) is 4.79 Å². The van der Waals surface area contributed by atoms with Crippen molar-refractivity contribution in [3.05, 3.63) is 0 Å². The lowest BCUT2D eigenvalue weighted by Crippen LogP contribution is -2.54. The molecule has 0 amide bonds. The maximum atomic E-state index is 12.8. The minimum atomic E-state index is -0.177. The highest BCUT2D eigenvalue weighted by Gasteiger charge is 2.73. The minimum absolute atomic E-state index is 0.177. The van der Waals surface area contributed by atoms with E-state index in [2.05, 4.69) is 27.7 Å². The topological polar surface area (TPSA) is 37.3 Å². The fourth-order valence-corrected chi connectivity index (χ4v) is 7.69. The summed E-state index contributed by atoms with van der Waals surface area (Å²) in [4.78, 5) is 12.8. The third-order valence-electron chi connectivity index (χ3n) is 8.88. The summed E-state index contributed by atoms with van der Waals surface area (Å²) in [5.74, 6) is 3.24. The number of aliphatic hydroxyl groups excluding tert-OH is 1. The van der Waals surface area contributed by atoms with Crippen LogP contribution in [0.3, 0.4) is 0 Å². The van der Waals surface area contributed by atoms with Crippen LogP contribution in [0.15, 0.2) is 0 Å². The minimum Gasteiger partial charge on any atom is -0.396 e. The molecular weight excluding hydrogens is 272 g/mol. The van der Waals surface area contributed by atoms with Crippen molar-refractivity contribution in [3.8, 4) is 0 Å². The predicted octanol–water partition coefficient (Wildman–Crippen LogP) is 4.06. The van der Waals surface area contributed by atoms with Crippen molar-refractivity contribution in [1.29, 1.82) is 0 Å². The van der Waals surface area contributed by atoms with Crippen LogP contribution in [-0.4, -0.2) is 17.5 Å². The van der Waals surface area contributed by atoms with E-state index in [1.54, 1.807) is 0 Å². The maximum absolute atomic E-state index is 12.8. The molecule has 1 N–H and O–H groups in total. The van der Waals surface area contributed by atoms with E-state index in [1.807, 2.05) is 0 Å². The van der Waals surface area contributed by atoms with Gasteiger partial charge in [-0.05, 0) is 66.1 Å². The van der Waals surface area contributed by atoms with Crippen molar-refractivity contribution in [2.24, 2.45) is 45.8 Å². The monoisotopic (exact) mass is 304 g/mol. The first-order valence-corrected chi connectivity index (χ1v) is 9.41. The molecule has 2 nitrogen and oxygen atoms in total. The van der Waals surface area contributed by atoms with Crippen LogP contribution in [0.4, 0.5) is 0 Å². The number of hydrogen-bond donors (Lipinski definition) is 1. The second kappa shape index (κ2) is 4.37. The number of aliphatic hydroxyl groups is 1. The van der Waals surface area contributed by atoms with E-state index >= 15 is 0 Å². The normalized spacial score (nSPS) is 55.9. The molecule has 0 saturated heterocycles. The summed E-state index contributed by atoms with van der Waals surface area (Å²) in [6.07, 6.45) is 7.39. The molecule has 2 heteroatoms. The zero-order valence-corrected chi connectivity index (χ0v) is 14.7. The molecule has 22 heavy (non-hydrogen) atoms. The van der Waals surface area contributed by atoms with Crippen LogP contribution >= 0.6 is 0 Å². The summed E-state index contributed by atoms with van der Waals surface area (Å²) in [7, 11) is 0. The van der Waals surface area contributed by atoms with E-state index in [4.69, 9.17) is 0 Å². The van der Waals surface area contributed by atoms with Gasteiger partial charge in [-0.3, -0.25) is 4.79 Å². The van der Waals surface area contributed by atoms with Gasteiger partial charge in [-0.2, -0.15) is 0 Å². The number of Topliss-reactive ketones (excluding diaryl/α,β-unsaturated/α-hetero) is 1. The third-order valence-corrected chi connectivity index (χ3v) is 8.88. The Morgan fingerprint density at radius 3 is 2.55 bits per heavy atom. The first kappa shape index (κ1) is 15.2. The molecule has 0 bridgehead atoms. The molecule has 0 heterocycles. The van der Waals surface area contributed by atoms with Crippen LogP contribution in [0.25, 0.3) is 0 Å². The fourth-order valence-electron chi connectivity index (χ4n) is 7.69. The van der Waals surface area contributed by atoms with E-state index < -0.39 is 0 Å². The Kier molecular flexibility index (Phi) is 3.02. The number of ketones is 1. The summed E-state index contributed by atoms with van der Waals surface area (Å²) >= 11 is 0. The Labute approximate surface area is 135 Å². The lowest BCUT2D eigenvalue weighted by atomic mass is 9.44. The lowest BCUT2D eigenvalue weighted by Gasteiger charge is -2.60. The van der Waals surface area contributed by atoms with Gasteiger partial charge in [0.15, 0.2) is 0 Å². The molecule has 0 aliphatic heterocycles. The summed E-state index contributed by atoms with van der Waals surface area (Å²) in [5.41, 5.74) is 0.606. The number of rotatable bonds is 1. The molecule has 4 saturated carbocycles. The summed E-state index contributed by atoms with van der Waals surface area (Å²) in [6.45, 7) is 9.76. The van der Waals surface area contributed by atoms with E-state index in [0.717, 1.165) is 12.3 Å². The highest BCUT2D eigenvalue weighted by atomic mass is 16.3. The molecule has 4 fully saturated rings. The Hall–Kier alpha value is -0.370. The molecule has 124 valence electrons. The molecular formula is C20H32O2. The van der Waals surface area contributed by atoms with Crippen molar-refractivity contribution in [1.82, 2.24) is 0 Å². The molecule has 4 rings (SSSR count). The van der Waals surface area contributed by atoms with E-state index in [1.165, 1.54) is 32.1 Å². The third kappa shape index (κ3) is 1.63. The molecule has 0 aromatic rings. The van der Waals surface area contributed by atoms with Gasteiger partial charge in [-0.1, -0.05) is 34.1 Å². The Morgan fingerprint density at radius 2 is 1.86 bits per heavy atom. The molecule has 0 aromatic heterocycles. The highest BCUT2D eigenvalue weighted by molar-refractivity contribution is 5.90.